The van der Waals surface area contributed by atoms with Gasteiger partial charge >= 0.3 is 0 Å². The van der Waals surface area contributed by atoms with Crippen LogP contribution >= 0.6 is 0 Å². The van der Waals surface area contributed by atoms with E-state index in [9.17, 15) is 9.59 Å². The van der Waals surface area contributed by atoms with E-state index in [0.717, 1.165) is 6.42 Å². The Morgan fingerprint density at radius 2 is 1.74 bits per heavy atom. The fraction of sp³-hybridized carbons (Fsp3) is 0.556. The summed E-state index contributed by atoms with van der Waals surface area (Å²) in [5.74, 6) is 0.526. The van der Waals surface area contributed by atoms with Gasteiger partial charge in [0.1, 0.15) is 6.61 Å². The summed E-state index contributed by atoms with van der Waals surface area (Å²) in [7, 11) is 1.47. The summed E-state index contributed by atoms with van der Waals surface area (Å²) in [6.07, 6.45) is 7.99. The Morgan fingerprint density at radius 1 is 1.09 bits per heavy atom. The lowest BCUT2D eigenvalue weighted by molar-refractivity contribution is -0.119. The Bertz CT molecular complexity index is 525. The second-order valence-electron chi connectivity index (χ2n) is 6.15. The van der Waals surface area contributed by atoms with Crippen LogP contribution in [0.15, 0.2) is 24.3 Å². The number of ether oxygens (including phenoxy) is 1. The number of anilines is 2. The van der Waals surface area contributed by atoms with Crippen LogP contribution in [0.5, 0.6) is 0 Å². The summed E-state index contributed by atoms with van der Waals surface area (Å²) in [4.78, 5) is 23.6. The van der Waals surface area contributed by atoms with E-state index < -0.39 is 0 Å². The molecule has 0 heterocycles. The van der Waals surface area contributed by atoms with Gasteiger partial charge in [-0.25, -0.2) is 0 Å². The quantitative estimate of drug-likeness (QED) is 0.807. The molecule has 0 radical (unpaired) electrons. The second kappa shape index (κ2) is 9.30. The first kappa shape index (κ1) is 17.5. The monoisotopic (exact) mass is 318 g/mol. The first-order valence-electron chi connectivity index (χ1n) is 8.36. The van der Waals surface area contributed by atoms with Crippen molar-refractivity contribution in [2.45, 2.75) is 44.9 Å². The highest BCUT2D eigenvalue weighted by Gasteiger charge is 2.15. The molecule has 0 saturated heterocycles. The molecule has 2 rings (SSSR count). The molecule has 0 aromatic heterocycles. The average Bonchev–Trinajstić information content (AvgIpc) is 2.54. The van der Waals surface area contributed by atoms with Gasteiger partial charge in [0.2, 0.25) is 11.8 Å². The fourth-order valence-electron chi connectivity index (χ4n) is 3.04. The highest BCUT2D eigenvalue weighted by Crippen LogP contribution is 2.27. The first-order valence-corrected chi connectivity index (χ1v) is 8.36. The molecule has 2 N–H and O–H groups in total. The van der Waals surface area contributed by atoms with E-state index in [1.165, 1.54) is 39.2 Å². The number of carbonyl (C=O) groups is 2. The van der Waals surface area contributed by atoms with E-state index in [1.54, 1.807) is 18.2 Å². The summed E-state index contributed by atoms with van der Waals surface area (Å²) in [5, 5.41) is 5.63. The molecule has 0 spiro atoms. The van der Waals surface area contributed by atoms with Crippen molar-refractivity contribution < 1.29 is 14.3 Å². The van der Waals surface area contributed by atoms with Crippen LogP contribution in [-0.4, -0.2) is 25.5 Å². The number of methoxy groups -OCH3 is 1. The van der Waals surface area contributed by atoms with Gasteiger partial charge in [-0.3, -0.25) is 9.59 Å². The number of hydrogen-bond acceptors (Lipinski definition) is 3. The third-order valence-electron chi connectivity index (χ3n) is 4.21. The van der Waals surface area contributed by atoms with Crippen LogP contribution in [-0.2, 0) is 14.3 Å². The van der Waals surface area contributed by atoms with Gasteiger partial charge in [0.05, 0.1) is 0 Å². The molecule has 1 aromatic rings. The van der Waals surface area contributed by atoms with Crippen LogP contribution in [0.4, 0.5) is 11.4 Å². The van der Waals surface area contributed by atoms with Gasteiger partial charge < -0.3 is 15.4 Å². The summed E-state index contributed by atoms with van der Waals surface area (Å²) >= 11 is 0. The largest absolute Gasteiger partial charge is 0.375 e. The maximum Gasteiger partial charge on any atom is 0.250 e. The van der Waals surface area contributed by atoms with Crippen molar-refractivity contribution in [1.29, 1.82) is 0 Å². The number of amides is 2. The molecule has 5 heteroatoms. The number of carbonyl (C=O) groups excluding carboxylic acids is 2. The number of nitrogens with one attached hydrogen (secondary N) is 2. The Hall–Kier alpha value is -1.88. The first-order chi connectivity index (χ1) is 11.2. The minimum Gasteiger partial charge on any atom is -0.375 e. The van der Waals surface area contributed by atoms with Crippen LogP contribution in [0.1, 0.15) is 44.9 Å². The predicted molar refractivity (Wildman–Crippen MR) is 91.4 cm³/mol. The highest BCUT2D eigenvalue weighted by atomic mass is 16.5. The third kappa shape index (κ3) is 6.40. The summed E-state index contributed by atoms with van der Waals surface area (Å²) in [6, 6.07) is 7.17. The van der Waals surface area contributed by atoms with E-state index in [-0.39, 0.29) is 18.4 Å². The van der Waals surface area contributed by atoms with E-state index in [4.69, 9.17) is 4.74 Å². The lowest BCUT2D eigenvalue weighted by atomic mass is 9.86. The van der Waals surface area contributed by atoms with Gasteiger partial charge in [-0.2, -0.15) is 0 Å². The molecule has 0 unspecified atom stereocenters. The Balaban J connectivity index is 1.79. The molecule has 23 heavy (non-hydrogen) atoms. The molecular formula is C18H26N2O3. The SMILES string of the molecule is COCC(=O)Nc1cccc(NC(=O)CCC2CCCCC2)c1. The van der Waals surface area contributed by atoms with Crippen molar-refractivity contribution in [3.63, 3.8) is 0 Å². The molecule has 5 nitrogen and oxygen atoms in total. The van der Waals surface area contributed by atoms with E-state index in [2.05, 4.69) is 10.6 Å². The lowest BCUT2D eigenvalue weighted by Gasteiger charge is -2.21. The molecule has 0 aliphatic heterocycles. The van der Waals surface area contributed by atoms with Crippen molar-refractivity contribution in [3.05, 3.63) is 24.3 Å². The lowest BCUT2D eigenvalue weighted by Crippen LogP contribution is -2.17. The van der Waals surface area contributed by atoms with Gasteiger partial charge in [0, 0.05) is 24.9 Å². The van der Waals surface area contributed by atoms with Gasteiger partial charge in [-0.05, 0) is 30.5 Å². The molecule has 1 aromatic carbocycles. The van der Waals surface area contributed by atoms with Crippen molar-refractivity contribution in [2.24, 2.45) is 5.92 Å². The average molecular weight is 318 g/mol. The van der Waals surface area contributed by atoms with E-state index in [0.29, 0.717) is 23.7 Å². The van der Waals surface area contributed by atoms with E-state index >= 15 is 0 Å². The highest BCUT2D eigenvalue weighted by molar-refractivity contribution is 5.94. The number of benzene rings is 1. The Kier molecular flexibility index (Phi) is 7.07. The zero-order chi connectivity index (χ0) is 16.5. The standard InChI is InChI=1S/C18H26N2O3/c1-23-13-18(22)20-16-9-5-8-15(12-16)19-17(21)11-10-14-6-3-2-4-7-14/h5,8-9,12,14H,2-4,6-7,10-11,13H2,1H3,(H,19,21)(H,20,22). The maximum absolute atomic E-state index is 12.1. The minimum absolute atomic E-state index is 0.0119. The fourth-order valence-corrected chi connectivity index (χ4v) is 3.04. The van der Waals surface area contributed by atoms with Crippen molar-refractivity contribution in [2.75, 3.05) is 24.4 Å². The van der Waals surface area contributed by atoms with Gasteiger partial charge in [-0.1, -0.05) is 38.2 Å². The number of rotatable bonds is 7. The molecule has 0 atom stereocenters. The topological polar surface area (TPSA) is 67.4 Å². The molecule has 2 amide bonds. The van der Waals surface area contributed by atoms with Crippen LogP contribution in [0.2, 0.25) is 0 Å². The van der Waals surface area contributed by atoms with E-state index in [1.807, 2.05) is 6.07 Å². The smallest absolute Gasteiger partial charge is 0.250 e. The molecule has 1 fully saturated rings. The van der Waals surface area contributed by atoms with Crippen LogP contribution in [0.25, 0.3) is 0 Å². The van der Waals surface area contributed by atoms with Crippen molar-refractivity contribution >= 4 is 23.2 Å². The molecule has 126 valence electrons. The summed E-state index contributed by atoms with van der Waals surface area (Å²) in [5.41, 5.74) is 1.35. The van der Waals surface area contributed by atoms with Gasteiger partial charge in [-0.15, -0.1) is 0 Å². The molecule has 0 bridgehead atoms. The maximum atomic E-state index is 12.1. The number of hydrogen-bond donors (Lipinski definition) is 2. The van der Waals surface area contributed by atoms with Crippen LogP contribution in [0, 0.1) is 5.92 Å². The zero-order valence-electron chi connectivity index (χ0n) is 13.8. The summed E-state index contributed by atoms with van der Waals surface area (Å²) in [6.45, 7) is 0.0119. The minimum atomic E-state index is -0.215. The zero-order valence-corrected chi connectivity index (χ0v) is 13.8. The second-order valence-corrected chi connectivity index (χ2v) is 6.15. The van der Waals surface area contributed by atoms with Crippen LogP contribution in [0.3, 0.4) is 0 Å². The normalized spacial score (nSPS) is 15.2. The third-order valence-corrected chi connectivity index (χ3v) is 4.21. The molecule has 1 aliphatic carbocycles. The molecule has 1 aliphatic rings. The predicted octanol–water partition coefficient (Wildman–Crippen LogP) is 3.57. The van der Waals surface area contributed by atoms with Crippen LogP contribution < -0.4 is 10.6 Å². The Morgan fingerprint density at radius 3 is 2.39 bits per heavy atom. The molecule has 1 saturated carbocycles. The van der Waals surface area contributed by atoms with Gasteiger partial charge in [0.15, 0.2) is 0 Å². The Labute approximate surface area is 137 Å². The summed E-state index contributed by atoms with van der Waals surface area (Å²) < 4.78 is 4.78. The van der Waals surface area contributed by atoms with Crippen molar-refractivity contribution in [3.8, 4) is 0 Å². The van der Waals surface area contributed by atoms with Gasteiger partial charge in [0.25, 0.3) is 0 Å². The molecular weight excluding hydrogens is 292 g/mol. The van der Waals surface area contributed by atoms with Crippen molar-refractivity contribution in [1.82, 2.24) is 0 Å².